The van der Waals surface area contributed by atoms with Gasteiger partial charge in [-0.3, -0.25) is 4.79 Å². The number of carbonyl (C=O) groups is 1. The summed E-state index contributed by atoms with van der Waals surface area (Å²) in [5.74, 6) is 0.0342. The summed E-state index contributed by atoms with van der Waals surface area (Å²) >= 11 is 0. The summed E-state index contributed by atoms with van der Waals surface area (Å²) in [5, 5.41) is 0. The summed E-state index contributed by atoms with van der Waals surface area (Å²) in [7, 11) is 0. The Hall–Kier alpha value is -0.530. The van der Waals surface area contributed by atoms with Crippen LogP contribution in [0, 0.1) is 0 Å². The Labute approximate surface area is 566 Å². The van der Waals surface area contributed by atoms with Crippen molar-refractivity contribution in [3.63, 3.8) is 0 Å². The molecule has 0 aromatic carbocycles. The molecule has 0 aromatic heterocycles. The molecular weight excluding hydrogens is 1080 g/mol. The number of esters is 1. The van der Waals surface area contributed by atoms with E-state index in [4.69, 9.17) is 4.74 Å². The Kier molecular flexibility index (Phi) is 91.1. The fourth-order valence-corrected chi connectivity index (χ4v) is 14.0. The third-order valence-corrected chi connectivity index (χ3v) is 20.5. The average Bonchev–Trinajstić information content (AvgIpc) is 3.54. The fraction of sp³-hybridized carbons (Fsp3) is 0.989. The maximum absolute atomic E-state index is 12.1. The van der Waals surface area contributed by atoms with Crippen LogP contribution in [0.5, 0.6) is 0 Å². The summed E-state index contributed by atoms with van der Waals surface area (Å²) < 4.78 is 5.49. The summed E-state index contributed by atoms with van der Waals surface area (Å²) in [6.45, 7) is 9.86. The Morgan fingerprint density at radius 3 is 0.371 bits per heavy atom. The molecular formula is C87H176O2. The third kappa shape index (κ3) is 91.7. The molecule has 0 unspecified atom stereocenters. The Balaban J connectivity index is 0. The Morgan fingerprint density at radius 1 is 0.146 bits per heavy atom. The highest BCUT2D eigenvalue weighted by molar-refractivity contribution is 5.69. The molecule has 2 nitrogen and oxygen atoms in total. The zero-order chi connectivity index (χ0) is 64.3. The molecule has 0 aliphatic rings. The van der Waals surface area contributed by atoms with Gasteiger partial charge in [0.25, 0.3) is 0 Å². The van der Waals surface area contributed by atoms with Gasteiger partial charge in [-0.1, -0.05) is 529 Å². The van der Waals surface area contributed by atoms with Crippen molar-refractivity contribution in [3.8, 4) is 0 Å². The second-order valence-corrected chi connectivity index (χ2v) is 29.8. The number of hydrogen-bond donors (Lipinski definition) is 0. The van der Waals surface area contributed by atoms with Crippen molar-refractivity contribution < 1.29 is 9.53 Å². The minimum atomic E-state index is 0.0342. The highest BCUT2D eigenvalue weighted by Gasteiger charge is 2.05. The molecule has 0 spiro atoms. The van der Waals surface area contributed by atoms with Crippen LogP contribution in [0.4, 0.5) is 0 Å². The SMILES string of the molecule is CCCCCCCCCCCCCCCCCCCCCCCCCCCCCCCCCC.CCCCCCCCCCCCCCCCCCCCCCCCCCCCCCCCCC(=O)OCCCCCCCCCCCCCCCCCCC. The van der Waals surface area contributed by atoms with E-state index in [1.165, 1.54) is 501 Å². The molecule has 0 amide bonds. The number of rotatable bonds is 81. The largest absolute Gasteiger partial charge is 0.466 e. The summed E-state index contributed by atoms with van der Waals surface area (Å²) in [6, 6.07) is 0. The van der Waals surface area contributed by atoms with Gasteiger partial charge < -0.3 is 4.74 Å². The topological polar surface area (TPSA) is 26.3 Å². The van der Waals surface area contributed by atoms with Crippen molar-refractivity contribution in [1.82, 2.24) is 0 Å². The van der Waals surface area contributed by atoms with Crippen LogP contribution in [0.25, 0.3) is 0 Å². The van der Waals surface area contributed by atoms with E-state index in [2.05, 4.69) is 27.7 Å². The first-order chi connectivity index (χ1) is 44.2. The first kappa shape index (κ1) is 90.5. The van der Waals surface area contributed by atoms with E-state index < -0.39 is 0 Å². The van der Waals surface area contributed by atoms with Crippen molar-refractivity contribution in [2.45, 2.75) is 548 Å². The lowest BCUT2D eigenvalue weighted by Gasteiger charge is -2.06. The van der Waals surface area contributed by atoms with Gasteiger partial charge in [0.2, 0.25) is 0 Å². The van der Waals surface area contributed by atoms with Crippen molar-refractivity contribution >= 4 is 5.97 Å². The molecule has 2 heteroatoms. The van der Waals surface area contributed by atoms with E-state index in [0.717, 1.165) is 12.8 Å². The molecule has 89 heavy (non-hydrogen) atoms. The van der Waals surface area contributed by atoms with Crippen LogP contribution >= 0.6 is 0 Å². The standard InChI is InChI=1S/C53H106O2.C34H70/c1-3-5-7-9-11-13-15-17-19-21-22-23-24-25-26-27-28-29-30-31-32-33-34-35-37-39-41-43-45-47-49-51-53(54)55-52-50-48-46-44-42-40-38-36-20-18-16-14-12-10-8-6-4-2;1-3-5-7-9-11-13-15-17-19-21-23-25-27-29-31-33-34-32-30-28-26-24-22-20-18-16-14-12-10-8-6-4-2/h3-52H2,1-2H3;3-34H2,1-2H3. The molecule has 536 valence electrons. The minimum absolute atomic E-state index is 0.0342. The van der Waals surface area contributed by atoms with E-state index in [9.17, 15) is 4.79 Å². The highest BCUT2D eigenvalue weighted by atomic mass is 16.5. The van der Waals surface area contributed by atoms with Crippen LogP contribution < -0.4 is 0 Å². The molecule has 0 saturated carbocycles. The van der Waals surface area contributed by atoms with Gasteiger partial charge in [0.1, 0.15) is 0 Å². The van der Waals surface area contributed by atoms with Crippen LogP contribution in [0.3, 0.4) is 0 Å². The van der Waals surface area contributed by atoms with Crippen molar-refractivity contribution in [2.75, 3.05) is 6.61 Å². The molecule has 0 aliphatic heterocycles. The van der Waals surface area contributed by atoms with E-state index in [0.29, 0.717) is 13.0 Å². The quantitative estimate of drug-likeness (QED) is 0.0448. The number of hydrogen-bond acceptors (Lipinski definition) is 2. The lowest BCUT2D eigenvalue weighted by Crippen LogP contribution is -2.05. The second-order valence-electron chi connectivity index (χ2n) is 29.8. The smallest absolute Gasteiger partial charge is 0.305 e. The normalized spacial score (nSPS) is 11.5. The van der Waals surface area contributed by atoms with Crippen molar-refractivity contribution in [2.24, 2.45) is 0 Å². The van der Waals surface area contributed by atoms with Crippen LogP contribution in [0.1, 0.15) is 548 Å². The lowest BCUT2D eigenvalue weighted by molar-refractivity contribution is -0.143. The molecule has 0 heterocycles. The molecule has 0 N–H and O–H groups in total. The van der Waals surface area contributed by atoms with Crippen molar-refractivity contribution in [3.05, 3.63) is 0 Å². The molecule has 0 bridgehead atoms. The number of ether oxygens (including phenoxy) is 1. The number of carbonyl (C=O) groups excluding carboxylic acids is 1. The molecule has 0 aromatic rings. The van der Waals surface area contributed by atoms with E-state index in [1.54, 1.807) is 0 Å². The van der Waals surface area contributed by atoms with Crippen LogP contribution in [0.15, 0.2) is 0 Å². The van der Waals surface area contributed by atoms with Crippen LogP contribution in [-0.4, -0.2) is 12.6 Å². The van der Waals surface area contributed by atoms with Gasteiger partial charge in [0.05, 0.1) is 6.61 Å². The van der Waals surface area contributed by atoms with Gasteiger partial charge in [-0.25, -0.2) is 0 Å². The minimum Gasteiger partial charge on any atom is -0.466 e. The zero-order valence-electron chi connectivity index (χ0n) is 63.3. The van der Waals surface area contributed by atoms with E-state index in [1.807, 2.05) is 0 Å². The monoisotopic (exact) mass is 1250 g/mol. The zero-order valence-corrected chi connectivity index (χ0v) is 63.3. The summed E-state index contributed by atoms with van der Waals surface area (Å²) in [4.78, 5) is 12.1. The first-order valence-electron chi connectivity index (χ1n) is 43.4. The molecule has 0 fully saturated rings. The lowest BCUT2D eigenvalue weighted by atomic mass is 10.0. The molecule has 0 atom stereocenters. The van der Waals surface area contributed by atoms with E-state index in [-0.39, 0.29) is 5.97 Å². The van der Waals surface area contributed by atoms with Crippen LogP contribution in [0.2, 0.25) is 0 Å². The van der Waals surface area contributed by atoms with Gasteiger partial charge >= 0.3 is 5.97 Å². The average molecular weight is 1250 g/mol. The van der Waals surface area contributed by atoms with Gasteiger partial charge in [-0.2, -0.15) is 0 Å². The first-order valence-corrected chi connectivity index (χ1v) is 43.4. The fourth-order valence-electron chi connectivity index (χ4n) is 14.0. The number of unbranched alkanes of at least 4 members (excludes halogenated alkanes) is 77. The Morgan fingerprint density at radius 2 is 0.247 bits per heavy atom. The molecule has 0 saturated heterocycles. The van der Waals surface area contributed by atoms with Gasteiger partial charge in [-0.15, -0.1) is 0 Å². The predicted octanol–water partition coefficient (Wildman–Crippen LogP) is 33.2. The molecule has 0 rings (SSSR count). The maximum Gasteiger partial charge on any atom is 0.305 e. The van der Waals surface area contributed by atoms with Gasteiger partial charge in [0, 0.05) is 6.42 Å². The second kappa shape index (κ2) is 89.5. The highest BCUT2D eigenvalue weighted by Crippen LogP contribution is 2.21. The summed E-state index contributed by atoms with van der Waals surface area (Å²) in [6.07, 6.45) is 116. The Bertz CT molecular complexity index is 1130. The van der Waals surface area contributed by atoms with Crippen LogP contribution in [-0.2, 0) is 9.53 Å². The van der Waals surface area contributed by atoms with Crippen molar-refractivity contribution in [1.29, 1.82) is 0 Å². The predicted molar refractivity (Wildman–Crippen MR) is 408 cm³/mol. The van der Waals surface area contributed by atoms with Gasteiger partial charge in [0.15, 0.2) is 0 Å². The maximum atomic E-state index is 12.1. The molecule has 0 aliphatic carbocycles. The van der Waals surface area contributed by atoms with E-state index >= 15 is 0 Å². The summed E-state index contributed by atoms with van der Waals surface area (Å²) in [5.41, 5.74) is 0. The van der Waals surface area contributed by atoms with Gasteiger partial charge in [-0.05, 0) is 12.8 Å². The third-order valence-electron chi connectivity index (χ3n) is 20.5. The molecule has 0 radical (unpaired) electrons.